The monoisotopic (exact) mass is 298 g/mol. The Kier molecular flexibility index (Phi) is 3.71. The molecule has 0 spiro atoms. The van der Waals surface area contributed by atoms with Crippen molar-refractivity contribution in [3.05, 3.63) is 52.1 Å². The lowest BCUT2D eigenvalue weighted by Crippen LogP contribution is -2.12. The Morgan fingerprint density at radius 2 is 1.95 bits per heavy atom. The Morgan fingerprint density at radius 3 is 2.50 bits per heavy atom. The minimum atomic E-state index is -1.36. The molecule has 2 rings (SSSR count). The molecular weight excluding hydrogens is 291 g/mol. The summed E-state index contributed by atoms with van der Waals surface area (Å²) in [5.74, 6) is -3.33. The van der Waals surface area contributed by atoms with Gasteiger partial charge in [0.15, 0.2) is 5.69 Å². The van der Waals surface area contributed by atoms with Crippen molar-refractivity contribution in [1.82, 2.24) is 9.78 Å². The highest BCUT2D eigenvalue weighted by molar-refractivity contribution is 6.30. The molecule has 1 aromatic heterocycles. The molecule has 0 amide bonds. The van der Waals surface area contributed by atoms with Crippen molar-refractivity contribution >= 4 is 23.5 Å². The van der Waals surface area contributed by atoms with Gasteiger partial charge in [0, 0.05) is 16.7 Å². The third kappa shape index (κ3) is 2.77. The van der Waals surface area contributed by atoms with Crippen LogP contribution in [0.5, 0.6) is 0 Å². The summed E-state index contributed by atoms with van der Waals surface area (Å²) in [6.45, 7) is -0.210. The smallest absolute Gasteiger partial charge is 0.356 e. The lowest BCUT2D eigenvalue weighted by Gasteiger charge is -2.06. The maximum Gasteiger partial charge on any atom is 0.356 e. The summed E-state index contributed by atoms with van der Waals surface area (Å²) in [7, 11) is 0. The number of aromatic nitrogens is 2. The summed E-state index contributed by atoms with van der Waals surface area (Å²) in [5.41, 5.74) is -0.606. The number of hydrogen-bond acceptors (Lipinski definition) is 3. The molecule has 0 aliphatic heterocycles. The Labute approximate surface area is 117 Å². The predicted molar refractivity (Wildman–Crippen MR) is 66.7 cm³/mol. The molecule has 0 unspecified atom stereocenters. The maximum absolute atomic E-state index is 13.6. The second-order valence-electron chi connectivity index (χ2n) is 3.92. The van der Waals surface area contributed by atoms with Crippen LogP contribution in [0.3, 0.4) is 0 Å². The zero-order valence-electron chi connectivity index (χ0n) is 9.88. The van der Waals surface area contributed by atoms with E-state index in [1.54, 1.807) is 0 Å². The van der Waals surface area contributed by atoms with Crippen LogP contribution in [0.1, 0.15) is 26.5 Å². The molecule has 20 heavy (non-hydrogen) atoms. The van der Waals surface area contributed by atoms with Crippen LogP contribution in [0.15, 0.2) is 24.3 Å². The van der Waals surface area contributed by atoms with Crippen molar-refractivity contribution in [2.45, 2.75) is 6.54 Å². The topological polar surface area (TPSA) is 92.4 Å². The summed E-state index contributed by atoms with van der Waals surface area (Å²) in [4.78, 5) is 21.8. The molecule has 2 N–H and O–H groups in total. The van der Waals surface area contributed by atoms with Gasteiger partial charge < -0.3 is 10.2 Å². The van der Waals surface area contributed by atoms with E-state index in [9.17, 15) is 14.0 Å². The van der Waals surface area contributed by atoms with Gasteiger partial charge in [-0.2, -0.15) is 5.10 Å². The molecule has 0 fully saturated rings. The second-order valence-corrected chi connectivity index (χ2v) is 4.35. The molecule has 6 nitrogen and oxygen atoms in total. The summed E-state index contributed by atoms with van der Waals surface area (Å²) in [5, 5.41) is 21.6. The molecule has 8 heteroatoms. The van der Waals surface area contributed by atoms with Crippen molar-refractivity contribution in [1.29, 1.82) is 0 Å². The minimum absolute atomic E-state index is 0.150. The number of rotatable bonds is 4. The van der Waals surface area contributed by atoms with Gasteiger partial charge in [-0.15, -0.1) is 0 Å². The van der Waals surface area contributed by atoms with Gasteiger partial charge in [0.1, 0.15) is 11.5 Å². The number of halogens is 2. The third-order valence-corrected chi connectivity index (χ3v) is 2.79. The van der Waals surface area contributed by atoms with E-state index in [2.05, 4.69) is 5.10 Å². The summed E-state index contributed by atoms with van der Waals surface area (Å²) in [6.07, 6.45) is 0. The summed E-state index contributed by atoms with van der Waals surface area (Å²) < 4.78 is 14.6. The molecule has 0 aliphatic carbocycles. The van der Waals surface area contributed by atoms with Crippen LogP contribution in [-0.2, 0) is 6.54 Å². The third-order valence-electron chi connectivity index (χ3n) is 2.55. The fraction of sp³-hybridized carbons (Fsp3) is 0.0833. The van der Waals surface area contributed by atoms with Gasteiger partial charge in [0.2, 0.25) is 0 Å². The van der Waals surface area contributed by atoms with E-state index >= 15 is 0 Å². The average Bonchev–Trinajstić information content (AvgIpc) is 2.77. The molecule has 0 bridgehead atoms. The highest BCUT2D eigenvalue weighted by Crippen LogP contribution is 2.16. The van der Waals surface area contributed by atoms with Crippen molar-refractivity contribution in [2.24, 2.45) is 0 Å². The zero-order valence-corrected chi connectivity index (χ0v) is 10.6. The normalized spacial score (nSPS) is 10.5. The molecule has 0 saturated heterocycles. The van der Waals surface area contributed by atoms with Crippen LogP contribution in [0, 0.1) is 5.82 Å². The van der Waals surface area contributed by atoms with E-state index in [4.69, 9.17) is 21.8 Å². The van der Waals surface area contributed by atoms with Gasteiger partial charge in [-0.3, -0.25) is 4.68 Å². The van der Waals surface area contributed by atoms with Gasteiger partial charge >= 0.3 is 11.9 Å². The standard InChI is InChI=1S/C12H8ClFN2O4/c13-7-2-1-6(8(14)3-7)5-16-10(12(19)20)4-9(15-16)11(17)18/h1-4H,5H2,(H,17,18)(H,19,20). The van der Waals surface area contributed by atoms with Gasteiger partial charge in [0.25, 0.3) is 0 Å². The van der Waals surface area contributed by atoms with Crippen LogP contribution in [0.25, 0.3) is 0 Å². The fourth-order valence-corrected chi connectivity index (χ4v) is 1.78. The van der Waals surface area contributed by atoms with E-state index < -0.39 is 23.4 Å². The van der Waals surface area contributed by atoms with Gasteiger partial charge in [0.05, 0.1) is 6.54 Å². The minimum Gasteiger partial charge on any atom is -0.477 e. The first-order valence-corrected chi connectivity index (χ1v) is 5.74. The Morgan fingerprint density at radius 1 is 1.25 bits per heavy atom. The maximum atomic E-state index is 13.6. The Bertz CT molecular complexity index is 699. The molecule has 0 saturated carbocycles. The van der Waals surface area contributed by atoms with E-state index in [1.165, 1.54) is 12.1 Å². The van der Waals surface area contributed by atoms with E-state index in [-0.39, 0.29) is 22.8 Å². The van der Waals surface area contributed by atoms with Crippen molar-refractivity contribution in [3.63, 3.8) is 0 Å². The quantitative estimate of drug-likeness (QED) is 0.902. The number of benzene rings is 1. The van der Waals surface area contributed by atoms with Gasteiger partial charge in [-0.25, -0.2) is 14.0 Å². The molecule has 2 aromatic rings. The molecule has 0 atom stereocenters. The average molecular weight is 299 g/mol. The molecule has 1 aromatic carbocycles. The van der Waals surface area contributed by atoms with Crippen LogP contribution < -0.4 is 0 Å². The number of carbonyl (C=O) groups is 2. The largest absolute Gasteiger partial charge is 0.477 e. The van der Waals surface area contributed by atoms with Crippen LogP contribution in [0.2, 0.25) is 5.02 Å². The molecule has 104 valence electrons. The SMILES string of the molecule is O=C(O)c1cc(C(=O)O)n(Cc2ccc(Cl)cc2F)n1. The van der Waals surface area contributed by atoms with E-state index in [1.807, 2.05) is 0 Å². The van der Waals surface area contributed by atoms with Gasteiger partial charge in [-0.1, -0.05) is 17.7 Å². The molecular formula is C12H8ClFN2O4. The molecule has 0 aliphatic rings. The van der Waals surface area contributed by atoms with E-state index in [0.29, 0.717) is 0 Å². The van der Waals surface area contributed by atoms with Crippen LogP contribution >= 0.6 is 11.6 Å². The number of aromatic carboxylic acids is 2. The number of hydrogen-bond donors (Lipinski definition) is 2. The zero-order chi connectivity index (χ0) is 14.9. The first-order chi connectivity index (χ1) is 9.38. The predicted octanol–water partition coefficient (Wildman–Crippen LogP) is 2.12. The lowest BCUT2D eigenvalue weighted by molar-refractivity contribution is 0.0676. The number of carboxylic acid groups (broad SMARTS) is 2. The second kappa shape index (κ2) is 5.30. The number of nitrogens with zero attached hydrogens (tertiary/aromatic N) is 2. The highest BCUT2D eigenvalue weighted by Gasteiger charge is 2.19. The van der Waals surface area contributed by atoms with Crippen LogP contribution in [-0.4, -0.2) is 31.9 Å². The summed E-state index contributed by atoms with van der Waals surface area (Å²) in [6, 6.07) is 4.82. The lowest BCUT2D eigenvalue weighted by atomic mass is 10.2. The van der Waals surface area contributed by atoms with Crippen molar-refractivity contribution in [2.75, 3.05) is 0 Å². The highest BCUT2D eigenvalue weighted by atomic mass is 35.5. The summed E-state index contributed by atoms with van der Waals surface area (Å²) >= 11 is 5.61. The number of carboxylic acids is 2. The fourth-order valence-electron chi connectivity index (χ4n) is 1.63. The van der Waals surface area contributed by atoms with Crippen LogP contribution in [0.4, 0.5) is 4.39 Å². The first kappa shape index (κ1) is 14.0. The van der Waals surface area contributed by atoms with Crippen molar-refractivity contribution in [3.8, 4) is 0 Å². The van der Waals surface area contributed by atoms with E-state index in [0.717, 1.165) is 16.8 Å². The Balaban J connectivity index is 2.42. The van der Waals surface area contributed by atoms with Gasteiger partial charge in [-0.05, 0) is 12.1 Å². The Hall–Kier alpha value is -2.41. The molecule has 0 radical (unpaired) electrons. The first-order valence-electron chi connectivity index (χ1n) is 5.37. The van der Waals surface area contributed by atoms with Crippen molar-refractivity contribution < 1.29 is 24.2 Å². The molecule has 1 heterocycles.